The molecule has 0 saturated carbocycles. The molecular formula is C30H24IrN2-2. The van der Waals surface area contributed by atoms with E-state index in [0.717, 1.165) is 28.2 Å². The molecule has 2 heterocycles. The molecule has 0 saturated heterocycles. The Morgan fingerprint density at radius 1 is 0.636 bits per heavy atom. The molecule has 3 heteroatoms. The molecule has 3 aromatic carbocycles. The van der Waals surface area contributed by atoms with Gasteiger partial charge in [-0.05, 0) is 54.1 Å². The normalized spacial score (nSPS) is 9.88. The van der Waals surface area contributed by atoms with Crippen LogP contribution in [-0.4, -0.2) is 9.97 Å². The molecule has 2 nitrogen and oxygen atoms in total. The average Bonchev–Trinajstić information content (AvgIpc) is 2.86. The first kappa shape index (κ1) is 24.3. The zero-order chi connectivity index (χ0) is 22.2. The van der Waals surface area contributed by atoms with Crippen LogP contribution in [-0.2, 0) is 20.1 Å². The number of hydrogen-bond acceptors (Lipinski definition) is 2. The van der Waals surface area contributed by atoms with Crippen LogP contribution in [0.2, 0.25) is 0 Å². The van der Waals surface area contributed by atoms with Gasteiger partial charge in [-0.1, -0.05) is 42.5 Å². The van der Waals surface area contributed by atoms with E-state index in [1.165, 1.54) is 16.7 Å². The van der Waals surface area contributed by atoms with E-state index in [9.17, 15) is 0 Å². The number of aryl methyl sites for hydroxylation is 2. The molecule has 0 N–H and O–H groups in total. The molecule has 0 bridgehead atoms. The molecular weight excluding hydrogens is 581 g/mol. The van der Waals surface area contributed by atoms with Crippen molar-refractivity contribution in [2.45, 2.75) is 13.8 Å². The topological polar surface area (TPSA) is 25.8 Å². The van der Waals surface area contributed by atoms with Crippen LogP contribution in [0.15, 0.2) is 109 Å². The van der Waals surface area contributed by atoms with Crippen LogP contribution >= 0.6 is 0 Å². The molecule has 2 aromatic heterocycles. The van der Waals surface area contributed by atoms with Crippen molar-refractivity contribution in [3.8, 4) is 33.6 Å². The number of aromatic nitrogens is 2. The summed E-state index contributed by atoms with van der Waals surface area (Å²) < 4.78 is 0. The first-order valence-electron chi connectivity index (χ1n) is 10.6. The van der Waals surface area contributed by atoms with E-state index in [-0.39, 0.29) is 20.1 Å². The van der Waals surface area contributed by atoms with E-state index in [2.05, 4.69) is 65.4 Å². The average molecular weight is 605 g/mol. The van der Waals surface area contributed by atoms with Crippen molar-refractivity contribution in [2.75, 3.05) is 0 Å². The van der Waals surface area contributed by atoms with E-state index >= 15 is 0 Å². The smallest absolute Gasteiger partial charge is 0.0266 e. The quantitative estimate of drug-likeness (QED) is 0.201. The zero-order valence-corrected chi connectivity index (χ0v) is 21.0. The fourth-order valence-electron chi connectivity index (χ4n) is 3.44. The number of hydrogen-bond donors (Lipinski definition) is 0. The molecule has 0 unspecified atom stereocenters. The van der Waals surface area contributed by atoms with Crippen LogP contribution in [0, 0.1) is 26.0 Å². The summed E-state index contributed by atoms with van der Waals surface area (Å²) in [6.45, 7) is 4.12. The van der Waals surface area contributed by atoms with Gasteiger partial charge < -0.3 is 9.97 Å². The third-order valence-electron chi connectivity index (χ3n) is 5.07. The van der Waals surface area contributed by atoms with Crippen molar-refractivity contribution in [3.05, 3.63) is 133 Å². The van der Waals surface area contributed by atoms with Crippen LogP contribution in [0.4, 0.5) is 0 Å². The Morgan fingerprint density at radius 3 is 1.94 bits per heavy atom. The van der Waals surface area contributed by atoms with Gasteiger partial charge in [0.2, 0.25) is 0 Å². The number of rotatable bonds is 3. The monoisotopic (exact) mass is 605 g/mol. The van der Waals surface area contributed by atoms with Crippen molar-refractivity contribution < 1.29 is 20.1 Å². The van der Waals surface area contributed by atoms with Gasteiger partial charge in [0, 0.05) is 32.0 Å². The first-order valence-corrected chi connectivity index (χ1v) is 10.6. The Kier molecular flexibility index (Phi) is 8.83. The molecule has 0 amide bonds. The van der Waals surface area contributed by atoms with Crippen LogP contribution in [0.25, 0.3) is 33.6 Å². The predicted molar refractivity (Wildman–Crippen MR) is 132 cm³/mol. The van der Waals surface area contributed by atoms with Gasteiger partial charge in [-0.3, -0.25) is 0 Å². The second kappa shape index (κ2) is 12.0. The minimum absolute atomic E-state index is 0. The molecule has 0 aliphatic rings. The van der Waals surface area contributed by atoms with Gasteiger partial charge in [0.25, 0.3) is 0 Å². The van der Waals surface area contributed by atoms with Gasteiger partial charge >= 0.3 is 0 Å². The Labute approximate surface area is 209 Å². The molecule has 0 aliphatic heterocycles. The molecule has 33 heavy (non-hydrogen) atoms. The Hall–Kier alpha value is -3.39. The van der Waals surface area contributed by atoms with Crippen LogP contribution in [0.1, 0.15) is 11.3 Å². The standard InChI is InChI=1S/C18H14N.C12H10N.Ir/c1-14-7-5-6-10-17(14)16-11-12-19-18(13-16)15-8-3-2-4-9-15;1-10-6-5-9-12(13-10)11-7-3-2-4-8-11;/h2-8,10-13H,1H3;2-7,9H,1H3;/q2*-1;. The fourth-order valence-corrected chi connectivity index (χ4v) is 3.44. The van der Waals surface area contributed by atoms with E-state index in [0.29, 0.717) is 0 Å². The third-order valence-corrected chi connectivity index (χ3v) is 5.07. The largest absolute Gasteiger partial charge is 0.305 e. The number of pyridine rings is 2. The zero-order valence-electron chi connectivity index (χ0n) is 18.6. The van der Waals surface area contributed by atoms with E-state index in [1.807, 2.05) is 79.9 Å². The van der Waals surface area contributed by atoms with Crippen LogP contribution in [0.5, 0.6) is 0 Å². The molecule has 0 spiro atoms. The molecule has 0 atom stereocenters. The second-order valence-corrected chi connectivity index (χ2v) is 7.46. The first-order chi connectivity index (χ1) is 15.7. The van der Waals surface area contributed by atoms with Crippen molar-refractivity contribution in [3.63, 3.8) is 0 Å². The summed E-state index contributed by atoms with van der Waals surface area (Å²) in [5, 5.41) is 0. The van der Waals surface area contributed by atoms with Crippen molar-refractivity contribution in [1.29, 1.82) is 0 Å². The van der Waals surface area contributed by atoms with Gasteiger partial charge in [0.15, 0.2) is 0 Å². The Bertz CT molecular complexity index is 1290. The van der Waals surface area contributed by atoms with Crippen molar-refractivity contribution in [1.82, 2.24) is 9.97 Å². The van der Waals surface area contributed by atoms with Crippen LogP contribution in [0.3, 0.4) is 0 Å². The van der Waals surface area contributed by atoms with Gasteiger partial charge in [-0.15, -0.1) is 71.8 Å². The van der Waals surface area contributed by atoms with Gasteiger partial charge in [0.1, 0.15) is 0 Å². The summed E-state index contributed by atoms with van der Waals surface area (Å²) in [6.07, 6.45) is 1.86. The number of benzene rings is 3. The Morgan fingerprint density at radius 2 is 1.30 bits per heavy atom. The van der Waals surface area contributed by atoms with E-state index < -0.39 is 0 Å². The predicted octanol–water partition coefficient (Wildman–Crippen LogP) is 7.38. The van der Waals surface area contributed by atoms with Gasteiger partial charge in [-0.2, -0.15) is 0 Å². The SMILES string of the molecule is Cc1cccc(-c2[c-]cccc2)n1.Cc1ccccc1-c1ccnc(-c2[c-]cccc2)c1.[Ir]. The van der Waals surface area contributed by atoms with Crippen molar-refractivity contribution in [2.24, 2.45) is 0 Å². The summed E-state index contributed by atoms with van der Waals surface area (Å²) in [4.78, 5) is 8.85. The summed E-state index contributed by atoms with van der Waals surface area (Å²) in [5.41, 5.74) is 8.78. The minimum Gasteiger partial charge on any atom is -0.305 e. The molecule has 5 aromatic rings. The maximum Gasteiger partial charge on any atom is 0.0266 e. The van der Waals surface area contributed by atoms with Gasteiger partial charge in [0.05, 0.1) is 0 Å². The molecule has 1 radical (unpaired) electrons. The Balaban J connectivity index is 0.000000192. The minimum atomic E-state index is 0. The summed E-state index contributed by atoms with van der Waals surface area (Å²) >= 11 is 0. The molecule has 0 fully saturated rings. The number of nitrogens with zero attached hydrogens (tertiary/aromatic N) is 2. The van der Waals surface area contributed by atoms with E-state index in [4.69, 9.17) is 0 Å². The summed E-state index contributed by atoms with van der Waals surface area (Å²) in [5.74, 6) is 0. The molecule has 5 rings (SSSR count). The molecule has 0 aliphatic carbocycles. The van der Waals surface area contributed by atoms with Crippen molar-refractivity contribution >= 4 is 0 Å². The van der Waals surface area contributed by atoms with Crippen LogP contribution < -0.4 is 0 Å². The van der Waals surface area contributed by atoms with E-state index in [1.54, 1.807) is 0 Å². The summed E-state index contributed by atoms with van der Waals surface area (Å²) in [7, 11) is 0. The second-order valence-electron chi connectivity index (χ2n) is 7.46. The maximum atomic E-state index is 4.43. The fraction of sp³-hybridized carbons (Fsp3) is 0.0667. The van der Waals surface area contributed by atoms with Gasteiger partial charge in [-0.25, -0.2) is 0 Å². The summed E-state index contributed by atoms with van der Waals surface area (Å²) in [6, 6.07) is 40.7. The molecule has 165 valence electrons. The maximum absolute atomic E-state index is 4.43. The third kappa shape index (κ3) is 6.55.